The first-order valence-corrected chi connectivity index (χ1v) is 6.18. The molecule has 2 rings (SSSR count). The molecule has 18 heavy (non-hydrogen) atoms. The van der Waals surface area contributed by atoms with Gasteiger partial charge in [0.05, 0.1) is 12.7 Å². The number of pyridine rings is 1. The van der Waals surface area contributed by atoms with E-state index in [-0.39, 0.29) is 0 Å². The Balaban J connectivity index is 0.000000771. The van der Waals surface area contributed by atoms with E-state index >= 15 is 0 Å². The third kappa shape index (κ3) is 2.64. The fraction of sp³-hybridized carbons (Fsp3) is 0.500. The van der Waals surface area contributed by atoms with Crippen LogP contribution in [0.3, 0.4) is 0 Å². The Morgan fingerprint density at radius 2 is 1.94 bits per heavy atom. The minimum absolute atomic E-state index is 0.658. The lowest BCUT2D eigenvalue weighted by atomic mass is 9.99. The zero-order valence-corrected chi connectivity index (χ0v) is 12.0. The molecule has 0 saturated carbocycles. The lowest BCUT2D eigenvalue weighted by Crippen LogP contribution is -2.17. The number of aliphatic hydroxyl groups is 1. The molecule has 0 aliphatic carbocycles. The third-order valence-corrected chi connectivity index (χ3v) is 2.67. The van der Waals surface area contributed by atoms with Gasteiger partial charge in [-0.2, -0.15) is 0 Å². The minimum atomic E-state index is -0.934. The van der Waals surface area contributed by atoms with Gasteiger partial charge >= 0.3 is 0 Å². The summed E-state index contributed by atoms with van der Waals surface area (Å²) in [7, 11) is 1.59. The Bertz CT molecular complexity index is 524. The monoisotopic (exact) mass is 250 g/mol. The molecule has 100 valence electrons. The van der Waals surface area contributed by atoms with Crippen LogP contribution in [0.15, 0.2) is 18.5 Å². The molecule has 0 fully saturated rings. The Labute approximate surface area is 108 Å². The van der Waals surface area contributed by atoms with Crippen molar-refractivity contribution in [3.05, 3.63) is 29.7 Å². The largest absolute Gasteiger partial charge is 0.496 e. The van der Waals surface area contributed by atoms with Crippen LogP contribution >= 0.6 is 0 Å². The second-order valence-electron chi connectivity index (χ2n) is 4.44. The van der Waals surface area contributed by atoms with Crippen molar-refractivity contribution in [1.29, 1.82) is 0 Å². The average molecular weight is 250 g/mol. The summed E-state index contributed by atoms with van der Waals surface area (Å²) in [6.07, 6.45) is 3.67. The van der Waals surface area contributed by atoms with Crippen LogP contribution in [0.2, 0.25) is 0 Å². The molecule has 4 heteroatoms. The smallest absolute Gasteiger partial charge is 0.140 e. The second-order valence-corrected chi connectivity index (χ2v) is 4.44. The van der Waals surface area contributed by atoms with Gasteiger partial charge in [-0.05, 0) is 20.8 Å². The first-order chi connectivity index (χ1) is 8.43. The first-order valence-electron chi connectivity index (χ1n) is 6.18. The first kappa shape index (κ1) is 14.5. The van der Waals surface area contributed by atoms with Crippen LogP contribution in [0.25, 0.3) is 5.65 Å². The van der Waals surface area contributed by atoms with Crippen LogP contribution in [0.1, 0.15) is 39.0 Å². The molecule has 4 nitrogen and oxygen atoms in total. The predicted octanol–water partition coefficient (Wildman–Crippen LogP) is 2.90. The maximum Gasteiger partial charge on any atom is 0.140 e. The molecule has 0 aliphatic heterocycles. The van der Waals surface area contributed by atoms with Gasteiger partial charge in [0.2, 0.25) is 0 Å². The molecule has 0 radical (unpaired) electrons. The molecule has 0 amide bonds. The quantitative estimate of drug-likeness (QED) is 0.891. The summed E-state index contributed by atoms with van der Waals surface area (Å²) in [5, 5.41) is 10.1. The molecule has 0 spiro atoms. The van der Waals surface area contributed by atoms with Crippen LogP contribution in [0, 0.1) is 6.92 Å². The number of hydrogen-bond acceptors (Lipinski definition) is 3. The highest BCUT2D eigenvalue weighted by Crippen LogP contribution is 2.30. The highest BCUT2D eigenvalue weighted by Gasteiger charge is 2.22. The van der Waals surface area contributed by atoms with Gasteiger partial charge in [0.15, 0.2) is 0 Å². The summed E-state index contributed by atoms with van der Waals surface area (Å²) in [4.78, 5) is 4.25. The van der Waals surface area contributed by atoms with Crippen molar-refractivity contribution >= 4 is 5.65 Å². The predicted molar refractivity (Wildman–Crippen MR) is 73.1 cm³/mol. The highest BCUT2D eigenvalue weighted by molar-refractivity contribution is 5.51. The number of aromatic nitrogens is 2. The molecule has 0 unspecified atom stereocenters. The number of nitrogens with zero attached hydrogens (tertiary/aromatic N) is 2. The summed E-state index contributed by atoms with van der Waals surface area (Å²) in [6.45, 7) is 9.45. The molecular weight excluding hydrogens is 228 g/mol. The summed E-state index contributed by atoms with van der Waals surface area (Å²) in [6, 6.07) is 1.83. The minimum Gasteiger partial charge on any atom is -0.496 e. The Hall–Kier alpha value is -1.55. The molecular formula is C14H22N2O2. The van der Waals surface area contributed by atoms with Gasteiger partial charge in [-0.1, -0.05) is 13.8 Å². The third-order valence-electron chi connectivity index (χ3n) is 2.67. The molecule has 0 bridgehead atoms. The molecule has 0 aromatic carbocycles. The van der Waals surface area contributed by atoms with E-state index in [0.717, 1.165) is 16.9 Å². The number of methoxy groups -OCH3 is 1. The van der Waals surface area contributed by atoms with E-state index in [4.69, 9.17) is 4.74 Å². The van der Waals surface area contributed by atoms with Gasteiger partial charge in [-0.25, -0.2) is 4.98 Å². The molecule has 2 aromatic rings. The lowest BCUT2D eigenvalue weighted by Gasteiger charge is -2.21. The van der Waals surface area contributed by atoms with Crippen LogP contribution in [-0.4, -0.2) is 21.6 Å². The van der Waals surface area contributed by atoms with Crippen molar-refractivity contribution < 1.29 is 9.84 Å². The highest BCUT2D eigenvalue weighted by atomic mass is 16.5. The van der Waals surface area contributed by atoms with Crippen molar-refractivity contribution in [3.8, 4) is 5.75 Å². The standard InChI is InChI=1S/C12H16N2O2.C2H6/c1-8-6-13-11-5-10(16-4)9(7-14(8)11)12(2,3)15;1-2/h5-7,15H,1-4H3;1-2H3. The number of fused-ring (bicyclic) bond motifs is 1. The molecule has 2 heterocycles. The fourth-order valence-electron chi connectivity index (χ4n) is 1.76. The average Bonchev–Trinajstić information content (AvgIpc) is 2.70. The van der Waals surface area contributed by atoms with E-state index in [1.165, 1.54) is 0 Å². The Kier molecular flexibility index (Phi) is 4.35. The van der Waals surface area contributed by atoms with Gasteiger partial charge < -0.3 is 14.2 Å². The maximum atomic E-state index is 10.1. The zero-order chi connectivity index (χ0) is 13.9. The number of aryl methyl sites for hydroxylation is 1. The van der Waals surface area contributed by atoms with Gasteiger partial charge in [0.1, 0.15) is 11.4 Å². The van der Waals surface area contributed by atoms with Crippen LogP contribution in [-0.2, 0) is 5.60 Å². The van der Waals surface area contributed by atoms with Gasteiger partial charge in [-0.15, -0.1) is 0 Å². The second kappa shape index (κ2) is 5.40. The van der Waals surface area contributed by atoms with Crippen LogP contribution in [0.5, 0.6) is 5.75 Å². The normalized spacial score (nSPS) is 11.1. The van der Waals surface area contributed by atoms with Gasteiger partial charge in [0, 0.05) is 29.7 Å². The van der Waals surface area contributed by atoms with Gasteiger partial charge in [0.25, 0.3) is 0 Å². The summed E-state index contributed by atoms with van der Waals surface area (Å²) < 4.78 is 7.22. The number of rotatable bonds is 2. The lowest BCUT2D eigenvalue weighted by molar-refractivity contribution is 0.0752. The molecule has 0 atom stereocenters. The number of imidazole rings is 1. The van der Waals surface area contributed by atoms with Crippen LogP contribution < -0.4 is 4.74 Å². The molecule has 0 saturated heterocycles. The van der Waals surface area contributed by atoms with Crippen LogP contribution in [0.4, 0.5) is 0 Å². The van der Waals surface area contributed by atoms with Crippen molar-refractivity contribution in [2.45, 2.75) is 40.2 Å². The van der Waals surface area contributed by atoms with E-state index in [2.05, 4.69) is 4.98 Å². The summed E-state index contributed by atoms with van der Waals surface area (Å²) in [5.74, 6) is 0.658. The fourth-order valence-corrected chi connectivity index (χ4v) is 1.76. The Morgan fingerprint density at radius 3 is 2.44 bits per heavy atom. The zero-order valence-electron chi connectivity index (χ0n) is 12.0. The van der Waals surface area contributed by atoms with E-state index in [0.29, 0.717) is 5.75 Å². The summed E-state index contributed by atoms with van der Waals surface area (Å²) in [5.41, 5.74) is 1.67. The van der Waals surface area contributed by atoms with E-state index in [1.54, 1.807) is 27.2 Å². The SMILES string of the molecule is CC.COc1cc2ncc(C)n2cc1C(C)(C)O. The Morgan fingerprint density at radius 1 is 1.33 bits per heavy atom. The molecule has 2 aromatic heterocycles. The maximum absolute atomic E-state index is 10.1. The topological polar surface area (TPSA) is 46.8 Å². The number of hydrogen-bond donors (Lipinski definition) is 1. The molecule has 1 N–H and O–H groups in total. The van der Waals surface area contributed by atoms with E-state index < -0.39 is 5.60 Å². The number of ether oxygens (including phenoxy) is 1. The van der Waals surface area contributed by atoms with Crippen molar-refractivity contribution in [1.82, 2.24) is 9.38 Å². The van der Waals surface area contributed by atoms with Crippen molar-refractivity contribution in [2.75, 3.05) is 7.11 Å². The van der Waals surface area contributed by atoms with E-state index in [1.807, 2.05) is 37.4 Å². The van der Waals surface area contributed by atoms with Gasteiger partial charge in [-0.3, -0.25) is 0 Å². The van der Waals surface area contributed by atoms with Crippen molar-refractivity contribution in [2.24, 2.45) is 0 Å². The van der Waals surface area contributed by atoms with Crippen molar-refractivity contribution in [3.63, 3.8) is 0 Å². The summed E-state index contributed by atoms with van der Waals surface area (Å²) >= 11 is 0. The van der Waals surface area contributed by atoms with E-state index in [9.17, 15) is 5.11 Å². The molecule has 0 aliphatic rings.